The number of rotatable bonds is 1. The number of pyridine rings is 1. The molecular weight excluding hydrogens is 264 g/mol. The van der Waals surface area contributed by atoms with Gasteiger partial charge in [-0.15, -0.1) is 0 Å². The number of hydrogen-bond donors (Lipinski definition) is 0. The van der Waals surface area contributed by atoms with Crippen molar-refractivity contribution in [2.75, 3.05) is 0 Å². The molecule has 0 aliphatic heterocycles. The maximum absolute atomic E-state index is 4.26. The van der Waals surface area contributed by atoms with Gasteiger partial charge in [-0.2, -0.15) is 0 Å². The molecule has 1 aromatic carbocycles. The van der Waals surface area contributed by atoms with Crippen molar-refractivity contribution in [2.45, 2.75) is 0 Å². The number of nitrogens with zero attached hydrogens (tertiary/aromatic N) is 2. The Morgan fingerprint density at radius 3 is 2.69 bits per heavy atom. The summed E-state index contributed by atoms with van der Waals surface area (Å²) in [4.78, 5) is 4.26. The summed E-state index contributed by atoms with van der Waals surface area (Å²) in [5.74, 6) is 0. The monoisotopic (exact) mass is 271 g/mol. The first-order valence-electron chi connectivity index (χ1n) is 4.94. The Kier molecular flexibility index (Phi) is 2.26. The van der Waals surface area contributed by atoms with Crippen LogP contribution in [0.15, 0.2) is 53.4 Å². The second-order valence-corrected chi connectivity index (χ2v) is 4.33. The Hall–Kier alpha value is -1.61. The van der Waals surface area contributed by atoms with Gasteiger partial charge in [0.15, 0.2) is 0 Å². The van der Waals surface area contributed by atoms with Crippen LogP contribution >= 0.6 is 15.9 Å². The van der Waals surface area contributed by atoms with Crippen LogP contribution in [0.3, 0.4) is 0 Å². The van der Waals surface area contributed by atoms with Crippen LogP contribution in [0.4, 0.5) is 0 Å². The Morgan fingerprint density at radius 2 is 1.88 bits per heavy atom. The standard InChI is InChI=1S/C13H8BrN2/c14-12-8-15-13-7-6-11(9-16(12)13)10-4-2-1-3-5-10/h2-9H. The van der Waals surface area contributed by atoms with Gasteiger partial charge < -0.3 is 0 Å². The normalized spacial score (nSPS) is 10.8. The average Bonchev–Trinajstić information content (AvgIpc) is 2.72. The zero-order valence-electron chi connectivity index (χ0n) is 8.39. The predicted octanol–water partition coefficient (Wildman–Crippen LogP) is 3.56. The van der Waals surface area contributed by atoms with E-state index in [4.69, 9.17) is 0 Å². The summed E-state index contributed by atoms with van der Waals surface area (Å²) in [6, 6.07) is 15.0. The molecule has 0 fully saturated rings. The number of aromatic nitrogens is 2. The number of benzene rings is 1. The Balaban J connectivity index is 2.22. The molecule has 3 heteroatoms. The van der Waals surface area contributed by atoms with Crippen molar-refractivity contribution in [3.8, 4) is 11.1 Å². The summed E-state index contributed by atoms with van der Waals surface area (Å²) in [6.07, 6.45) is 3.87. The second kappa shape index (κ2) is 3.76. The summed E-state index contributed by atoms with van der Waals surface area (Å²) in [5, 5.41) is 0. The van der Waals surface area contributed by atoms with Crippen molar-refractivity contribution < 1.29 is 0 Å². The van der Waals surface area contributed by atoms with Crippen LogP contribution < -0.4 is 0 Å². The molecule has 0 N–H and O–H groups in total. The molecule has 0 bridgehead atoms. The summed E-state index contributed by atoms with van der Waals surface area (Å²) in [6.45, 7) is 0. The van der Waals surface area contributed by atoms with E-state index in [1.807, 2.05) is 34.7 Å². The van der Waals surface area contributed by atoms with Gasteiger partial charge in [0.25, 0.3) is 0 Å². The molecule has 0 atom stereocenters. The fraction of sp³-hybridized carbons (Fsp3) is 0. The molecule has 77 valence electrons. The summed E-state index contributed by atoms with van der Waals surface area (Å²) in [5.41, 5.74) is 3.29. The first kappa shape index (κ1) is 9.60. The molecule has 3 aromatic rings. The van der Waals surface area contributed by atoms with Crippen molar-refractivity contribution >= 4 is 21.6 Å². The van der Waals surface area contributed by atoms with Crippen molar-refractivity contribution in [1.29, 1.82) is 0 Å². The highest BCUT2D eigenvalue weighted by molar-refractivity contribution is 9.10. The molecule has 2 heterocycles. The SMILES string of the molecule is Brc1cnc2ccc(-c3cc[c]cc3)cn12. The first-order chi connectivity index (χ1) is 7.84. The highest BCUT2D eigenvalue weighted by Gasteiger charge is 2.02. The quantitative estimate of drug-likeness (QED) is 0.662. The molecule has 0 aliphatic rings. The van der Waals surface area contributed by atoms with Gasteiger partial charge in [0, 0.05) is 6.20 Å². The van der Waals surface area contributed by atoms with E-state index in [1.165, 1.54) is 11.1 Å². The van der Waals surface area contributed by atoms with Crippen LogP contribution in [0.5, 0.6) is 0 Å². The summed E-state index contributed by atoms with van der Waals surface area (Å²) < 4.78 is 2.98. The topological polar surface area (TPSA) is 17.3 Å². The van der Waals surface area contributed by atoms with E-state index in [0.717, 1.165) is 10.3 Å². The number of halogens is 1. The number of hydrogen-bond acceptors (Lipinski definition) is 1. The second-order valence-electron chi connectivity index (χ2n) is 3.52. The van der Waals surface area contributed by atoms with E-state index in [0.29, 0.717) is 0 Å². The Labute approximate surface area is 102 Å². The molecule has 16 heavy (non-hydrogen) atoms. The van der Waals surface area contributed by atoms with Crippen LogP contribution in [0, 0.1) is 6.07 Å². The maximum Gasteiger partial charge on any atom is 0.137 e. The van der Waals surface area contributed by atoms with E-state index >= 15 is 0 Å². The summed E-state index contributed by atoms with van der Waals surface area (Å²) >= 11 is 3.47. The molecule has 1 radical (unpaired) electrons. The van der Waals surface area contributed by atoms with Crippen LogP contribution in [0.2, 0.25) is 0 Å². The van der Waals surface area contributed by atoms with E-state index in [2.05, 4.69) is 39.2 Å². The Bertz CT molecular complexity index is 629. The van der Waals surface area contributed by atoms with Gasteiger partial charge in [-0.25, -0.2) is 4.98 Å². The zero-order chi connectivity index (χ0) is 11.0. The molecule has 2 nitrogen and oxygen atoms in total. The van der Waals surface area contributed by atoms with Gasteiger partial charge in [0.2, 0.25) is 0 Å². The van der Waals surface area contributed by atoms with Gasteiger partial charge in [-0.3, -0.25) is 4.40 Å². The third kappa shape index (κ3) is 1.53. The van der Waals surface area contributed by atoms with Gasteiger partial charge in [-0.05, 0) is 45.3 Å². The average molecular weight is 272 g/mol. The van der Waals surface area contributed by atoms with Crippen molar-refractivity contribution in [3.05, 3.63) is 59.5 Å². The highest BCUT2D eigenvalue weighted by atomic mass is 79.9. The van der Waals surface area contributed by atoms with E-state index in [-0.39, 0.29) is 0 Å². The lowest BCUT2D eigenvalue weighted by molar-refractivity contribution is 1.16. The van der Waals surface area contributed by atoms with E-state index < -0.39 is 0 Å². The molecule has 2 aromatic heterocycles. The van der Waals surface area contributed by atoms with Crippen LogP contribution in [0.1, 0.15) is 0 Å². The molecule has 0 saturated heterocycles. The maximum atomic E-state index is 4.26. The molecule has 0 saturated carbocycles. The van der Waals surface area contributed by atoms with Gasteiger partial charge in [-0.1, -0.05) is 24.3 Å². The molecule has 3 rings (SSSR count). The lowest BCUT2D eigenvalue weighted by Crippen LogP contribution is -1.86. The van der Waals surface area contributed by atoms with E-state index in [1.54, 1.807) is 6.20 Å². The number of fused-ring (bicyclic) bond motifs is 1. The van der Waals surface area contributed by atoms with Crippen molar-refractivity contribution in [3.63, 3.8) is 0 Å². The molecule has 0 unspecified atom stereocenters. The van der Waals surface area contributed by atoms with Crippen molar-refractivity contribution in [1.82, 2.24) is 9.38 Å². The predicted molar refractivity (Wildman–Crippen MR) is 67.2 cm³/mol. The van der Waals surface area contributed by atoms with Gasteiger partial charge in [0.1, 0.15) is 10.3 Å². The molecule has 0 aliphatic carbocycles. The molecule has 0 spiro atoms. The van der Waals surface area contributed by atoms with Crippen LogP contribution in [0.25, 0.3) is 16.8 Å². The van der Waals surface area contributed by atoms with Gasteiger partial charge >= 0.3 is 0 Å². The smallest absolute Gasteiger partial charge is 0.137 e. The van der Waals surface area contributed by atoms with E-state index in [9.17, 15) is 0 Å². The lowest BCUT2D eigenvalue weighted by Gasteiger charge is -2.02. The minimum atomic E-state index is 0.943. The fourth-order valence-electron chi connectivity index (χ4n) is 1.70. The third-order valence-electron chi connectivity index (χ3n) is 2.51. The molecule has 0 amide bonds. The largest absolute Gasteiger partial charge is 0.294 e. The third-order valence-corrected chi connectivity index (χ3v) is 3.10. The minimum Gasteiger partial charge on any atom is -0.294 e. The molecular formula is C13H8BrN2. The summed E-state index contributed by atoms with van der Waals surface area (Å²) in [7, 11) is 0. The highest BCUT2D eigenvalue weighted by Crippen LogP contribution is 2.21. The minimum absolute atomic E-state index is 0.943. The number of imidazole rings is 1. The zero-order valence-corrected chi connectivity index (χ0v) is 9.98. The lowest BCUT2D eigenvalue weighted by atomic mass is 10.1. The van der Waals surface area contributed by atoms with Gasteiger partial charge in [0.05, 0.1) is 6.20 Å². The van der Waals surface area contributed by atoms with Crippen molar-refractivity contribution in [2.24, 2.45) is 0 Å². The van der Waals surface area contributed by atoms with Crippen LogP contribution in [-0.4, -0.2) is 9.38 Å². The Morgan fingerprint density at radius 1 is 1.06 bits per heavy atom. The first-order valence-corrected chi connectivity index (χ1v) is 5.73. The van der Waals surface area contributed by atoms with Crippen LogP contribution in [-0.2, 0) is 0 Å². The fourth-order valence-corrected chi connectivity index (χ4v) is 2.09.